The van der Waals surface area contributed by atoms with Crippen LogP contribution >= 0.6 is 0 Å². The van der Waals surface area contributed by atoms with Gasteiger partial charge in [-0.05, 0) is 25.0 Å². The number of carbonyl (C=O) groups is 2. The Morgan fingerprint density at radius 2 is 1.62 bits per heavy atom. The second-order valence-corrected chi connectivity index (χ2v) is 4.80. The molecule has 1 aromatic rings. The zero-order valence-corrected chi connectivity index (χ0v) is 12.1. The normalized spacial score (nSPS) is 9.95. The highest BCUT2D eigenvalue weighted by atomic mass is 16.5. The fraction of sp³-hybridized carbons (Fsp3) is 0.467. The smallest absolute Gasteiger partial charge is 0.336 e. The number of amides is 3. The first-order valence-corrected chi connectivity index (χ1v) is 7.25. The summed E-state index contributed by atoms with van der Waals surface area (Å²) in [6.07, 6.45) is 5.27. The first kappa shape index (κ1) is 17.0. The average Bonchev–Trinajstić information content (AvgIpc) is 2.50. The van der Waals surface area contributed by atoms with E-state index in [2.05, 4.69) is 10.6 Å². The van der Waals surface area contributed by atoms with E-state index in [1.54, 1.807) is 0 Å². The SMILES string of the molecule is O=C(CCCCCCCNC(=O)NO)Nc1ccccc1. The van der Waals surface area contributed by atoms with Crippen LogP contribution in [0.3, 0.4) is 0 Å². The van der Waals surface area contributed by atoms with Gasteiger partial charge in [-0.25, -0.2) is 10.3 Å². The molecule has 4 N–H and O–H groups in total. The Morgan fingerprint density at radius 1 is 0.952 bits per heavy atom. The van der Waals surface area contributed by atoms with Crippen LogP contribution in [0.25, 0.3) is 0 Å². The molecule has 0 saturated heterocycles. The molecule has 21 heavy (non-hydrogen) atoms. The average molecular weight is 293 g/mol. The minimum atomic E-state index is -0.576. The van der Waals surface area contributed by atoms with E-state index < -0.39 is 6.03 Å². The lowest BCUT2D eigenvalue weighted by molar-refractivity contribution is -0.116. The predicted octanol–water partition coefficient (Wildman–Crippen LogP) is 2.65. The summed E-state index contributed by atoms with van der Waals surface area (Å²) in [4.78, 5) is 22.3. The van der Waals surface area contributed by atoms with Crippen LogP contribution in [-0.2, 0) is 4.79 Å². The van der Waals surface area contributed by atoms with Gasteiger partial charge in [0.1, 0.15) is 0 Å². The zero-order valence-electron chi connectivity index (χ0n) is 12.1. The summed E-state index contributed by atoms with van der Waals surface area (Å²) in [6.45, 7) is 0.543. The third-order valence-electron chi connectivity index (χ3n) is 3.03. The maximum absolute atomic E-state index is 11.7. The fourth-order valence-electron chi connectivity index (χ4n) is 1.93. The van der Waals surface area contributed by atoms with Crippen LogP contribution in [0.1, 0.15) is 38.5 Å². The maximum Gasteiger partial charge on any atom is 0.338 e. The number of para-hydroxylation sites is 1. The molecule has 0 unspecified atom stereocenters. The van der Waals surface area contributed by atoms with Gasteiger partial charge in [-0.2, -0.15) is 0 Å². The van der Waals surface area contributed by atoms with Crippen molar-refractivity contribution < 1.29 is 14.8 Å². The van der Waals surface area contributed by atoms with E-state index in [4.69, 9.17) is 5.21 Å². The monoisotopic (exact) mass is 293 g/mol. The third kappa shape index (κ3) is 8.65. The number of hydroxylamine groups is 1. The summed E-state index contributed by atoms with van der Waals surface area (Å²) in [5, 5.41) is 13.6. The van der Waals surface area contributed by atoms with E-state index in [1.165, 1.54) is 5.48 Å². The van der Waals surface area contributed by atoms with Crippen molar-refractivity contribution in [3.63, 3.8) is 0 Å². The number of hydrogen-bond acceptors (Lipinski definition) is 3. The Kier molecular flexibility index (Phi) is 8.63. The largest absolute Gasteiger partial charge is 0.338 e. The Labute approximate surface area is 124 Å². The molecule has 6 heteroatoms. The van der Waals surface area contributed by atoms with E-state index in [-0.39, 0.29) is 5.91 Å². The van der Waals surface area contributed by atoms with Gasteiger partial charge in [-0.1, -0.05) is 37.5 Å². The van der Waals surface area contributed by atoms with Crippen molar-refractivity contribution >= 4 is 17.6 Å². The Bertz CT molecular complexity index is 423. The molecular formula is C15H23N3O3. The maximum atomic E-state index is 11.7. The molecule has 0 atom stereocenters. The number of anilines is 1. The van der Waals surface area contributed by atoms with Gasteiger partial charge < -0.3 is 10.6 Å². The summed E-state index contributed by atoms with van der Waals surface area (Å²) in [7, 11) is 0. The van der Waals surface area contributed by atoms with Crippen LogP contribution in [0.2, 0.25) is 0 Å². The standard InChI is InChI=1S/C15H23N3O3/c19-14(17-13-9-5-4-6-10-13)11-7-2-1-3-8-12-16-15(20)18-21/h4-6,9-10,21H,1-3,7-8,11-12H2,(H,17,19)(H2,16,18,20). The van der Waals surface area contributed by atoms with E-state index in [0.29, 0.717) is 13.0 Å². The van der Waals surface area contributed by atoms with Crippen molar-refractivity contribution in [1.82, 2.24) is 10.8 Å². The lowest BCUT2D eigenvalue weighted by Gasteiger charge is -2.05. The van der Waals surface area contributed by atoms with Gasteiger partial charge >= 0.3 is 6.03 Å². The number of hydrogen-bond donors (Lipinski definition) is 4. The fourth-order valence-corrected chi connectivity index (χ4v) is 1.93. The molecule has 0 aliphatic carbocycles. The van der Waals surface area contributed by atoms with Crippen molar-refractivity contribution in [3.05, 3.63) is 30.3 Å². The highest BCUT2D eigenvalue weighted by Gasteiger charge is 2.01. The van der Waals surface area contributed by atoms with Gasteiger partial charge in [-0.15, -0.1) is 0 Å². The molecule has 1 aromatic carbocycles. The second kappa shape index (κ2) is 10.7. The van der Waals surface area contributed by atoms with E-state index in [0.717, 1.165) is 37.8 Å². The first-order valence-electron chi connectivity index (χ1n) is 7.25. The minimum Gasteiger partial charge on any atom is -0.336 e. The molecule has 0 bridgehead atoms. The quantitative estimate of drug-likeness (QED) is 0.320. The molecule has 6 nitrogen and oxygen atoms in total. The molecule has 0 spiro atoms. The molecule has 1 rings (SSSR count). The van der Waals surface area contributed by atoms with Gasteiger partial charge in [0.05, 0.1) is 0 Å². The summed E-state index contributed by atoms with van der Waals surface area (Å²) < 4.78 is 0. The molecule has 3 amide bonds. The van der Waals surface area contributed by atoms with E-state index >= 15 is 0 Å². The van der Waals surface area contributed by atoms with Crippen LogP contribution < -0.4 is 16.1 Å². The van der Waals surface area contributed by atoms with Crippen LogP contribution in [0.5, 0.6) is 0 Å². The van der Waals surface area contributed by atoms with E-state index in [9.17, 15) is 9.59 Å². The number of unbranched alkanes of at least 4 members (excludes halogenated alkanes) is 4. The van der Waals surface area contributed by atoms with Gasteiger partial charge in [0.25, 0.3) is 0 Å². The Hall–Kier alpha value is -2.08. The molecular weight excluding hydrogens is 270 g/mol. The van der Waals surface area contributed by atoms with Gasteiger partial charge in [0.2, 0.25) is 5.91 Å². The van der Waals surface area contributed by atoms with Crippen molar-refractivity contribution in [1.29, 1.82) is 0 Å². The highest BCUT2D eigenvalue weighted by molar-refractivity contribution is 5.90. The topological polar surface area (TPSA) is 90.5 Å². The van der Waals surface area contributed by atoms with Crippen molar-refractivity contribution in [2.24, 2.45) is 0 Å². The molecule has 0 radical (unpaired) electrons. The van der Waals surface area contributed by atoms with Gasteiger partial charge in [0, 0.05) is 18.7 Å². The van der Waals surface area contributed by atoms with Crippen LogP contribution in [0.15, 0.2) is 30.3 Å². The molecule has 0 saturated carbocycles. The molecule has 116 valence electrons. The van der Waals surface area contributed by atoms with E-state index in [1.807, 2.05) is 30.3 Å². The summed E-state index contributed by atoms with van der Waals surface area (Å²) in [6, 6.07) is 8.85. The predicted molar refractivity (Wildman–Crippen MR) is 81.1 cm³/mol. The number of nitrogens with one attached hydrogen (secondary N) is 3. The van der Waals surface area contributed by atoms with Crippen molar-refractivity contribution in [2.75, 3.05) is 11.9 Å². The van der Waals surface area contributed by atoms with Crippen molar-refractivity contribution in [3.8, 4) is 0 Å². The minimum absolute atomic E-state index is 0.0440. The lowest BCUT2D eigenvalue weighted by Crippen LogP contribution is -2.33. The van der Waals surface area contributed by atoms with Gasteiger partial charge in [0.15, 0.2) is 0 Å². The zero-order chi connectivity index (χ0) is 15.3. The number of urea groups is 1. The van der Waals surface area contributed by atoms with Crippen LogP contribution in [-0.4, -0.2) is 23.7 Å². The van der Waals surface area contributed by atoms with Crippen molar-refractivity contribution in [2.45, 2.75) is 38.5 Å². The van der Waals surface area contributed by atoms with Crippen LogP contribution in [0, 0.1) is 0 Å². The third-order valence-corrected chi connectivity index (χ3v) is 3.03. The van der Waals surface area contributed by atoms with Crippen LogP contribution in [0.4, 0.5) is 10.5 Å². The Balaban J connectivity index is 1.94. The Morgan fingerprint density at radius 3 is 2.33 bits per heavy atom. The molecule has 0 aromatic heterocycles. The summed E-state index contributed by atoms with van der Waals surface area (Å²) >= 11 is 0. The number of rotatable bonds is 9. The molecule has 0 fully saturated rings. The molecule has 0 aliphatic heterocycles. The number of carbonyl (C=O) groups excluding carboxylic acids is 2. The summed E-state index contributed by atoms with van der Waals surface area (Å²) in [5.74, 6) is 0.0440. The van der Waals surface area contributed by atoms with Gasteiger partial charge in [-0.3, -0.25) is 10.0 Å². The molecule has 0 aliphatic rings. The highest BCUT2D eigenvalue weighted by Crippen LogP contribution is 2.08. The summed E-state index contributed by atoms with van der Waals surface area (Å²) in [5.41, 5.74) is 2.34. The number of benzene rings is 1. The lowest BCUT2D eigenvalue weighted by atomic mass is 10.1. The molecule has 0 heterocycles. The first-order chi connectivity index (χ1) is 10.2. The second-order valence-electron chi connectivity index (χ2n) is 4.80.